The number of halogens is 4. The number of fused-ring (bicyclic) bond motifs is 1. The highest BCUT2D eigenvalue weighted by molar-refractivity contribution is 6.31. The van der Waals surface area contributed by atoms with E-state index < -0.39 is 22.8 Å². The summed E-state index contributed by atoms with van der Waals surface area (Å²) >= 11 is 5.61. The van der Waals surface area contributed by atoms with Gasteiger partial charge in [-0.1, -0.05) is 11.6 Å². The summed E-state index contributed by atoms with van der Waals surface area (Å²) in [6.45, 7) is 0. The Balaban J connectivity index is 1.27. The van der Waals surface area contributed by atoms with Crippen molar-refractivity contribution in [2.45, 2.75) is 6.18 Å². The molecule has 0 aliphatic carbocycles. The van der Waals surface area contributed by atoms with Crippen LogP contribution in [0.1, 0.15) is 15.9 Å². The molecular weight excluding hydrogens is 523 g/mol. The normalized spacial score (nSPS) is 11.4. The molecule has 38 heavy (non-hydrogen) atoms. The van der Waals surface area contributed by atoms with Crippen molar-refractivity contribution in [2.24, 2.45) is 0 Å². The molecule has 0 saturated carbocycles. The van der Waals surface area contributed by atoms with Crippen LogP contribution < -0.4 is 16.0 Å². The van der Waals surface area contributed by atoms with Crippen molar-refractivity contribution in [2.75, 3.05) is 16.0 Å². The number of oxazole rings is 1. The predicted octanol–water partition coefficient (Wildman–Crippen LogP) is 7.19. The van der Waals surface area contributed by atoms with Crippen molar-refractivity contribution >= 4 is 51.8 Å². The molecule has 3 amide bonds. The van der Waals surface area contributed by atoms with Crippen LogP contribution in [-0.2, 0) is 6.18 Å². The molecule has 2 heterocycles. The van der Waals surface area contributed by atoms with Crippen LogP contribution in [0.3, 0.4) is 0 Å². The Hall–Kier alpha value is -4.77. The lowest BCUT2D eigenvalue weighted by Crippen LogP contribution is -2.20. The van der Waals surface area contributed by atoms with Gasteiger partial charge in [0.2, 0.25) is 0 Å². The van der Waals surface area contributed by atoms with E-state index in [2.05, 4.69) is 20.9 Å². The zero-order chi connectivity index (χ0) is 26.9. The van der Waals surface area contributed by atoms with E-state index in [1.54, 1.807) is 42.5 Å². The molecule has 2 aromatic heterocycles. The van der Waals surface area contributed by atoms with Crippen molar-refractivity contribution in [3.8, 4) is 5.69 Å². The van der Waals surface area contributed by atoms with Gasteiger partial charge in [-0.3, -0.25) is 10.1 Å². The number of anilines is 3. The van der Waals surface area contributed by atoms with Crippen LogP contribution >= 0.6 is 11.6 Å². The molecule has 0 saturated heterocycles. The second-order valence-electron chi connectivity index (χ2n) is 8.07. The van der Waals surface area contributed by atoms with E-state index >= 15 is 0 Å². The SMILES string of the molecule is O=C(Nc1ccc(-n2ccc3cc(C(=O)Nc4ncco4)ccc32)cc1)Nc1ccc(Cl)c(C(F)(F)F)c1. The Kier molecular flexibility index (Phi) is 6.52. The Morgan fingerprint density at radius 2 is 1.63 bits per heavy atom. The second kappa shape index (κ2) is 9.94. The fourth-order valence-electron chi connectivity index (χ4n) is 3.78. The Labute approximate surface area is 218 Å². The van der Waals surface area contributed by atoms with Crippen LogP contribution in [0.15, 0.2) is 89.8 Å². The number of nitrogens with one attached hydrogen (secondary N) is 3. The standard InChI is InChI=1S/C26H17ClF3N5O3/c27-21-7-4-18(14-20(21)26(28,29)30)33-24(37)32-17-2-5-19(6-3-17)35-11-9-15-13-16(1-8-22(15)35)23(36)34-25-31-10-12-38-25/h1-14H,(H,31,34,36)(H2,32,33,37). The molecule has 12 heteroatoms. The third kappa shape index (κ3) is 5.32. The van der Waals surface area contributed by atoms with Crippen LogP contribution in [-0.4, -0.2) is 21.5 Å². The van der Waals surface area contributed by atoms with E-state index in [9.17, 15) is 22.8 Å². The molecule has 0 aliphatic rings. The van der Waals surface area contributed by atoms with E-state index in [0.717, 1.165) is 28.7 Å². The van der Waals surface area contributed by atoms with Gasteiger partial charge in [-0.05, 0) is 66.7 Å². The van der Waals surface area contributed by atoms with Crippen LogP contribution in [0.4, 0.5) is 35.4 Å². The first kappa shape index (κ1) is 24.9. The van der Waals surface area contributed by atoms with Gasteiger partial charge in [0.1, 0.15) is 6.26 Å². The highest BCUT2D eigenvalue weighted by Gasteiger charge is 2.33. The quantitative estimate of drug-likeness (QED) is 0.220. The van der Waals surface area contributed by atoms with Crippen LogP contribution in [0, 0.1) is 0 Å². The van der Waals surface area contributed by atoms with E-state index in [1.165, 1.54) is 18.5 Å². The summed E-state index contributed by atoms with van der Waals surface area (Å²) in [5, 5.41) is 7.89. The van der Waals surface area contributed by atoms with Crippen molar-refractivity contribution in [1.82, 2.24) is 9.55 Å². The average molecular weight is 540 g/mol. The number of alkyl halides is 3. The molecule has 192 valence electrons. The van der Waals surface area contributed by atoms with Gasteiger partial charge in [-0.15, -0.1) is 0 Å². The number of amides is 3. The summed E-state index contributed by atoms with van der Waals surface area (Å²) in [5.74, 6) is -0.357. The first-order chi connectivity index (χ1) is 18.2. The minimum absolute atomic E-state index is 0.0527. The zero-order valence-corrected chi connectivity index (χ0v) is 20.0. The average Bonchev–Trinajstić information content (AvgIpc) is 3.54. The van der Waals surface area contributed by atoms with Gasteiger partial charge >= 0.3 is 18.2 Å². The molecule has 5 rings (SSSR count). The van der Waals surface area contributed by atoms with Gasteiger partial charge in [0.15, 0.2) is 0 Å². The van der Waals surface area contributed by atoms with Crippen molar-refractivity contribution in [3.05, 3.63) is 102 Å². The largest absolute Gasteiger partial charge is 0.432 e. The molecule has 0 unspecified atom stereocenters. The Morgan fingerprint density at radius 3 is 2.34 bits per heavy atom. The molecule has 3 aromatic carbocycles. The van der Waals surface area contributed by atoms with Crippen LogP contribution in [0.5, 0.6) is 0 Å². The first-order valence-corrected chi connectivity index (χ1v) is 11.4. The fraction of sp³-hybridized carbons (Fsp3) is 0.0385. The second-order valence-corrected chi connectivity index (χ2v) is 8.48. The summed E-state index contributed by atoms with van der Waals surface area (Å²) in [5.41, 5.74) is 1.40. The minimum atomic E-state index is -4.64. The Morgan fingerprint density at radius 1 is 0.895 bits per heavy atom. The highest BCUT2D eigenvalue weighted by Crippen LogP contribution is 2.36. The number of rotatable bonds is 5. The maximum Gasteiger partial charge on any atom is 0.417 e. The molecule has 0 spiro atoms. The van der Waals surface area contributed by atoms with Gasteiger partial charge in [-0.2, -0.15) is 13.2 Å². The molecule has 8 nitrogen and oxygen atoms in total. The van der Waals surface area contributed by atoms with E-state index in [-0.39, 0.29) is 17.6 Å². The zero-order valence-electron chi connectivity index (χ0n) is 19.2. The third-order valence-corrected chi connectivity index (χ3v) is 5.87. The summed E-state index contributed by atoms with van der Waals surface area (Å²) in [4.78, 5) is 28.6. The molecule has 0 fully saturated rings. The van der Waals surface area contributed by atoms with Gasteiger partial charge < -0.3 is 19.6 Å². The van der Waals surface area contributed by atoms with Crippen molar-refractivity contribution in [1.29, 1.82) is 0 Å². The predicted molar refractivity (Wildman–Crippen MR) is 137 cm³/mol. The number of hydrogen-bond acceptors (Lipinski definition) is 4. The van der Waals surface area contributed by atoms with E-state index in [4.69, 9.17) is 16.0 Å². The molecular formula is C26H17ClF3N5O3. The van der Waals surface area contributed by atoms with E-state index in [1.807, 2.05) is 16.8 Å². The van der Waals surface area contributed by atoms with Crippen LogP contribution in [0.25, 0.3) is 16.6 Å². The summed E-state index contributed by atoms with van der Waals surface area (Å²) < 4.78 is 46.1. The van der Waals surface area contributed by atoms with Gasteiger partial charge in [0.25, 0.3) is 5.91 Å². The molecule has 0 aliphatic heterocycles. The maximum atomic E-state index is 13.1. The number of urea groups is 1. The lowest BCUT2D eigenvalue weighted by Gasteiger charge is -2.13. The molecule has 0 atom stereocenters. The number of carbonyl (C=O) groups is 2. The Bertz CT molecular complexity index is 1630. The van der Waals surface area contributed by atoms with Crippen molar-refractivity contribution < 1.29 is 27.2 Å². The lowest BCUT2D eigenvalue weighted by atomic mass is 10.1. The summed E-state index contributed by atoms with van der Waals surface area (Å²) in [7, 11) is 0. The molecule has 3 N–H and O–H groups in total. The van der Waals surface area contributed by atoms with Crippen molar-refractivity contribution in [3.63, 3.8) is 0 Å². The molecule has 5 aromatic rings. The molecule has 0 bridgehead atoms. The van der Waals surface area contributed by atoms with Crippen LogP contribution in [0.2, 0.25) is 5.02 Å². The number of nitrogens with zero attached hydrogens (tertiary/aromatic N) is 2. The maximum absolute atomic E-state index is 13.1. The summed E-state index contributed by atoms with van der Waals surface area (Å²) in [6.07, 6.45) is -0.0127. The highest BCUT2D eigenvalue weighted by atomic mass is 35.5. The van der Waals surface area contributed by atoms with E-state index in [0.29, 0.717) is 11.3 Å². The monoisotopic (exact) mass is 539 g/mol. The minimum Gasteiger partial charge on any atom is -0.432 e. The molecule has 0 radical (unpaired) electrons. The number of carbonyl (C=O) groups excluding carboxylic acids is 2. The summed E-state index contributed by atoms with van der Waals surface area (Å²) in [6, 6.07) is 16.4. The third-order valence-electron chi connectivity index (χ3n) is 5.54. The fourth-order valence-corrected chi connectivity index (χ4v) is 4.01. The topological polar surface area (TPSA) is 101 Å². The first-order valence-electron chi connectivity index (χ1n) is 11.0. The number of benzene rings is 3. The lowest BCUT2D eigenvalue weighted by molar-refractivity contribution is -0.137. The number of hydrogen-bond donors (Lipinski definition) is 3. The van der Waals surface area contributed by atoms with Gasteiger partial charge in [0.05, 0.1) is 22.3 Å². The van der Waals surface area contributed by atoms with Gasteiger partial charge in [-0.25, -0.2) is 9.78 Å². The van der Waals surface area contributed by atoms with Gasteiger partial charge in [0, 0.05) is 34.2 Å². The smallest absolute Gasteiger partial charge is 0.417 e. The number of aromatic nitrogens is 2.